The van der Waals surface area contributed by atoms with E-state index in [1.165, 1.54) is 13.2 Å². The Labute approximate surface area is 159 Å². The zero-order chi connectivity index (χ0) is 19.6. The first-order valence-electron chi connectivity index (χ1n) is 8.00. The number of carbonyl (C=O) groups is 1. The van der Waals surface area contributed by atoms with Crippen molar-refractivity contribution in [2.24, 2.45) is 0 Å². The van der Waals surface area contributed by atoms with Crippen LogP contribution in [0.2, 0.25) is 0 Å². The molecular formula is C18H17N3O5S. The van der Waals surface area contributed by atoms with Crippen LogP contribution in [0.25, 0.3) is 22.3 Å². The van der Waals surface area contributed by atoms with Gasteiger partial charge in [0.1, 0.15) is 11.4 Å². The van der Waals surface area contributed by atoms with E-state index in [0.717, 1.165) is 0 Å². The summed E-state index contributed by atoms with van der Waals surface area (Å²) in [6.07, 6.45) is 0. The van der Waals surface area contributed by atoms with Crippen LogP contribution >= 0.6 is 12.2 Å². The van der Waals surface area contributed by atoms with Crippen LogP contribution in [0.15, 0.2) is 35.1 Å². The molecule has 0 aliphatic rings. The topological polar surface area (TPSA) is 106 Å². The largest absolute Gasteiger partial charge is 0.497 e. The first kappa shape index (κ1) is 18.7. The van der Waals surface area contributed by atoms with Gasteiger partial charge in [0, 0.05) is 12.7 Å². The molecule has 0 spiro atoms. The molecule has 2 aromatic heterocycles. The van der Waals surface area contributed by atoms with Gasteiger partial charge in [0.25, 0.3) is 5.56 Å². The third-order valence-electron chi connectivity index (χ3n) is 4.08. The molecule has 27 heavy (non-hydrogen) atoms. The first-order valence-corrected chi connectivity index (χ1v) is 8.41. The lowest BCUT2D eigenvalue weighted by atomic mass is 10.1. The Hall–Kier alpha value is -3.04. The predicted molar refractivity (Wildman–Crippen MR) is 102 cm³/mol. The number of rotatable bonds is 6. The molecule has 0 bridgehead atoms. The van der Waals surface area contributed by atoms with Gasteiger partial charge in [-0.05, 0) is 42.5 Å². The SMILES string of the molecule is COCCn1c(=S)[nH]c(=O)c2c(C(=O)O)cc(-c3ccc(OC)cc3)nc21. The number of pyridine rings is 1. The zero-order valence-electron chi connectivity index (χ0n) is 14.7. The number of methoxy groups -OCH3 is 2. The number of benzene rings is 1. The van der Waals surface area contributed by atoms with Gasteiger partial charge in [-0.2, -0.15) is 0 Å². The molecule has 0 unspecified atom stereocenters. The number of H-pyrrole nitrogens is 1. The Kier molecular flexibility index (Phi) is 5.33. The number of aromatic nitrogens is 3. The van der Waals surface area contributed by atoms with Crippen LogP contribution in [-0.2, 0) is 11.3 Å². The fourth-order valence-electron chi connectivity index (χ4n) is 2.74. The lowest BCUT2D eigenvalue weighted by molar-refractivity contribution is 0.0699. The number of nitrogens with one attached hydrogen (secondary N) is 1. The molecule has 2 heterocycles. The van der Waals surface area contributed by atoms with Gasteiger partial charge in [-0.25, -0.2) is 9.78 Å². The zero-order valence-corrected chi connectivity index (χ0v) is 15.5. The molecule has 0 fully saturated rings. The Morgan fingerprint density at radius 3 is 2.59 bits per heavy atom. The van der Waals surface area contributed by atoms with E-state index >= 15 is 0 Å². The number of carboxylic acid groups (broad SMARTS) is 1. The molecule has 0 saturated heterocycles. The molecule has 3 rings (SSSR count). The van der Waals surface area contributed by atoms with Crippen LogP contribution in [0.3, 0.4) is 0 Å². The molecule has 0 radical (unpaired) electrons. The van der Waals surface area contributed by atoms with Crippen LogP contribution in [-0.4, -0.2) is 46.4 Å². The molecule has 140 valence electrons. The van der Waals surface area contributed by atoms with Crippen molar-refractivity contribution in [3.05, 3.63) is 51.0 Å². The minimum absolute atomic E-state index is 0.0236. The third-order valence-corrected chi connectivity index (χ3v) is 4.41. The fourth-order valence-corrected chi connectivity index (χ4v) is 3.01. The highest BCUT2D eigenvalue weighted by molar-refractivity contribution is 7.71. The van der Waals surface area contributed by atoms with Crippen LogP contribution in [0.5, 0.6) is 5.75 Å². The van der Waals surface area contributed by atoms with Gasteiger partial charge in [0.15, 0.2) is 4.77 Å². The lowest BCUT2D eigenvalue weighted by Crippen LogP contribution is -2.20. The van der Waals surface area contributed by atoms with Crippen molar-refractivity contribution in [3.63, 3.8) is 0 Å². The van der Waals surface area contributed by atoms with Gasteiger partial charge in [0.05, 0.1) is 36.9 Å². The average Bonchev–Trinajstić information content (AvgIpc) is 2.66. The molecule has 0 amide bonds. The van der Waals surface area contributed by atoms with Gasteiger partial charge in [-0.15, -0.1) is 0 Å². The maximum absolute atomic E-state index is 12.4. The van der Waals surface area contributed by atoms with E-state index in [-0.39, 0.29) is 21.4 Å². The van der Waals surface area contributed by atoms with Crippen LogP contribution in [0, 0.1) is 4.77 Å². The maximum atomic E-state index is 12.4. The molecule has 0 atom stereocenters. The monoisotopic (exact) mass is 387 g/mol. The standard InChI is InChI=1S/C18H17N3O5S/c1-25-8-7-21-15-14(16(22)20-18(21)27)12(17(23)24)9-13(19-15)10-3-5-11(26-2)6-4-10/h3-6,9H,7-8H2,1-2H3,(H,23,24)(H,20,22,27). The average molecular weight is 387 g/mol. The van der Waals surface area contributed by atoms with E-state index in [9.17, 15) is 14.7 Å². The molecule has 9 heteroatoms. The smallest absolute Gasteiger partial charge is 0.336 e. The van der Waals surface area contributed by atoms with Crippen molar-refractivity contribution in [1.82, 2.24) is 14.5 Å². The molecule has 3 aromatic rings. The van der Waals surface area contributed by atoms with E-state index in [1.54, 1.807) is 35.9 Å². The molecule has 0 aliphatic carbocycles. The second-order valence-electron chi connectivity index (χ2n) is 5.69. The van der Waals surface area contributed by atoms with Crippen LogP contribution in [0.1, 0.15) is 10.4 Å². The van der Waals surface area contributed by atoms with Gasteiger partial charge in [-0.1, -0.05) is 0 Å². The molecule has 2 N–H and O–H groups in total. The number of hydrogen-bond acceptors (Lipinski definition) is 6. The summed E-state index contributed by atoms with van der Waals surface area (Å²) in [7, 11) is 3.10. The van der Waals surface area contributed by atoms with Crippen LogP contribution in [0.4, 0.5) is 0 Å². The summed E-state index contributed by atoms with van der Waals surface area (Å²) in [5.74, 6) is -0.560. The Morgan fingerprint density at radius 2 is 2.00 bits per heavy atom. The van der Waals surface area contributed by atoms with Gasteiger partial charge in [0.2, 0.25) is 0 Å². The highest BCUT2D eigenvalue weighted by Crippen LogP contribution is 2.25. The second-order valence-corrected chi connectivity index (χ2v) is 6.08. The van der Waals surface area contributed by atoms with Gasteiger partial charge < -0.3 is 19.1 Å². The number of ether oxygens (including phenoxy) is 2. The van der Waals surface area contributed by atoms with Crippen LogP contribution < -0.4 is 10.3 Å². The summed E-state index contributed by atoms with van der Waals surface area (Å²) in [4.78, 5) is 31.2. The summed E-state index contributed by atoms with van der Waals surface area (Å²) in [5, 5.41) is 9.61. The quantitative estimate of drug-likeness (QED) is 0.626. The van der Waals surface area contributed by atoms with E-state index in [4.69, 9.17) is 21.7 Å². The van der Waals surface area contributed by atoms with Gasteiger partial charge in [-0.3, -0.25) is 9.78 Å². The highest BCUT2D eigenvalue weighted by atomic mass is 32.1. The normalized spacial score (nSPS) is 10.9. The summed E-state index contributed by atoms with van der Waals surface area (Å²) < 4.78 is 11.9. The maximum Gasteiger partial charge on any atom is 0.336 e. The van der Waals surface area contributed by atoms with Crippen molar-refractivity contribution in [3.8, 4) is 17.0 Å². The van der Waals surface area contributed by atoms with E-state index in [2.05, 4.69) is 9.97 Å². The number of carboxylic acids is 1. The van der Waals surface area contributed by atoms with E-state index < -0.39 is 11.5 Å². The van der Waals surface area contributed by atoms with Crippen molar-refractivity contribution in [2.75, 3.05) is 20.8 Å². The van der Waals surface area contributed by atoms with Crippen molar-refractivity contribution in [1.29, 1.82) is 0 Å². The number of hydrogen-bond donors (Lipinski definition) is 2. The first-order chi connectivity index (χ1) is 13.0. The van der Waals surface area contributed by atoms with Crippen molar-refractivity contribution < 1.29 is 19.4 Å². The molecular weight excluding hydrogens is 370 g/mol. The summed E-state index contributed by atoms with van der Waals surface area (Å²) in [6.45, 7) is 0.646. The Morgan fingerprint density at radius 1 is 1.30 bits per heavy atom. The molecule has 1 aromatic carbocycles. The summed E-state index contributed by atoms with van der Waals surface area (Å²) in [5.41, 5.74) is 0.563. The number of nitrogens with zero attached hydrogens (tertiary/aromatic N) is 2. The fraction of sp³-hybridized carbons (Fsp3) is 0.222. The van der Waals surface area contributed by atoms with E-state index in [1.807, 2.05) is 0 Å². The number of fused-ring (bicyclic) bond motifs is 1. The molecule has 8 nitrogen and oxygen atoms in total. The van der Waals surface area contributed by atoms with Crippen molar-refractivity contribution in [2.45, 2.75) is 6.54 Å². The predicted octanol–water partition coefficient (Wildman–Crippen LogP) is 2.47. The summed E-state index contributed by atoms with van der Waals surface area (Å²) >= 11 is 5.23. The summed E-state index contributed by atoms with van der Waals surface area (Å²) in [6, 6.07) is 8.40. The highest BCUT2D eigenvalue weighted by Gasteiger charge is 2.19. The second kappa shape index (κ2) is 7.68. The third kappa shape index (κ3) is 3.60. The number of aromatic carboxylic acids is 1. The molecule has 0 aliphatic heterocycles. The van der Waals surface area contributed by atoms with E-state index in [0.29, 0.717) is 30.2 Å². The lowest BCUT2D eigenvalue weighted by Gasteiger charge is -2.13. The Bertz CT molecular complexity index is 1120. The number of aromatic amines is 1. The minimum atomic E-state index is -1.22. The van der Waals surface area contributed by atoms with Gasteiger partial charge >= 0.3 is 5.97 Å². The molecule has 0 saturated carbocycles. The van der Waals surface area contributed by atoms with Crippen molar-refractivity contribution >= 4 is 29.2 Å². The Balaban J connectivity index is 2.34. The minimum Gasteiger partial charge on any atom is -0.497 e.